The highest BCUT2D eigenvalue weighted by Gasteiger charge is 2.21. The van der Waals surface area contributed by atoms with E-state index in [0.29, 0.717) is 26.6 Å². The lowest BCUT2D eigenvalue weighted by molar-refractivity contribution is -0.115. The zero-order chi connectivity index (χ0) is 22.1. The number of benzene rings is 1. The van der Waals surface area contributed by atoms with Gasteiger partial charge in [0.05, 0.1) is 16.3 Å². The van der Waals surface area contributed by atoms with Crippen molar-refractivity contribution in [2.75, 3.05) is 5.32 Å². The van der Waals surface area contributed by atoms with Crippen LogP contribution in [0.2, 0.25) is 0 Å². The second-order valence-electron chi connectivity index (χ2n) is 6.92. The fourth-order valence-electron chi connectivity index (χ4n) is 3.12. The number of carbonyl (C=O) groups excluding carboxylic acids is 2. The molecule has 0 aliphatic heterocycles. The summed E-state index contributed by atoms with van der Waals surface area (Å²) in [6.07, 6.45) is 0. The SMILES string of the molecule is CC(=O)c1ccccc1NC(=O)C(C)Sc1nc2scc(-c3cccs3)c2c(=O)n1C. The molecule has 0 bridgehead atoms. The van der Waals surface area contributed by atoms with Crippen LogP contribution in [0.1, 0.15) is 24.2 Å². The molecule has 1 unspecified atom stereocenters. The number of aromatic nitrogens is 2. The molecule has 3 aromatic heterocycles. The molecule has 1 atom stereocenters. The van der Waals surface area contributed by atoms with Gasteiger partial charge in [-0.1, -0.05) is 30.0 Å². The van der Waals surface area contributed by atoms with Gasteiger partial charge in [0.25, 0.3) is 5.56 Å². The first-order valence-electron chi connectivity index (χ1n) is 9.46. The molecule has 3 heterocycles. The maximum absolute atomic E-state index is 13.1. The minimum Gasteiger partial charge on any atom is -0.324 e. The predicted molar refractivity (Wildman–Crippen MR) is 129 cm³/mol. The Balaban J connectivity index is 1.60. The van der Waals surface area contributed by atoms with Crippen molar-refractivity contribution in [1.82, 2.24) is 9.55 Å². The Morgan fingerprint density at radius 2 is 1.94 bits per heavy atom. The van der Waals surface area contributed by atoms with Crippen LogP contribution in [0.3, 0.4) is 0 Å². The molecule has 1 aromatic carbocycles. The molecule has 9 heteroatoms. The first-order chi connectivity index (χ1) is 14.9. The van der Waals surface area contributed by atoms with Gasteiger partial charge in [-0.05, 0) is 37.4 Å². The zero-order valence-electron chi connectivity index (χ0n) is 17.0. The third-order valence-corrected chi connectivity index (χ3v) is 7.70. The molecule has 0 fully saturated rings. The van der Waals surface area contributed by atoms with Gasteiger partial charge >= 0.3 is 0 Å². The lowest BCUT2D eigenvalue weighted by Crippen LogP contribution is -2.26. The Morgan fingerprint density at radius 3 is 2.65 bits per heavy atom. The van der Waals surface area contributed by atoms with Crippen LogP contribution < -0.4 is 10.9 Å². The van der Waals surface area contributed by atoms with Crippen LogP contribution in [0.4, 0.5) is 5.69 Å². The van der Waals surface area contributed by atoms with Crippen molar-refractivity contribution < 1.29 is 9.59 Å². The van der Waals surface area contributed by atoms with E-state index in [1.165, 1.54) is 34.6 Å². The molecule has 1 N–H and O–H groups in total. The number of carbonyl (C=O) groups is 2. The fraction of sp³-hybridized carbons (Fsp3) is 0.182. The quantitative estimate of drug-likeness (QED) is 0.243. The molecular weight excluding hydrogens is 450 g/mol. The van der Waals surface area contributed by atoms with Crippen LogP contribution in [0, 0.1) is 0 Å². The van der Waals surface area contributed by atoms with Gasteiger partial charge in [0.15, 0.2) is 10.9 Å². The van der Waals surface area contributed by atoms with Gasteiger partial charge in [0, 0.05) is 28.4 Å². The first kappa shape index (κ1) is 21.5. The van der Waals surface area contributed by atoms with Crippen molar-refractivity contribution in [2.24, 2.45) is 7.05 Å². The summed E-state index contributed by atoms with van der Waals surface area (Å²) in [5, 5.41) is 7.30. The highest BCUT2D eigenvalue weighted by atomic mass is 32.2. The van der Waals surface area contributed by atoms with Crippen LogP contribution in [0.15, 0.2) is 57.1 Å². The molecule has 1 amide bonds. The normalized spacial score (nSPS) is 12.1. The molecule has 158 valence electrons. The molecule has 0 aliphatic rings. The number of hydrogen-bond acceptors (Lipinski definition) is 7. The number of thioether (sulfide) groups is 1. The number of Topliss-reactive ketones (excluding diaryl/α,β-unsaturated/α-hetero) is 1. The fourth-order valence-corrected chi connectivity index (χ4v) is 5.79. The highest BCUT2D eigenvalue weighted by Crippen LogP contribution is 2.35. The number of rotatable bonds is 6. The number of thiophene rings is 2. The number of hydrogen-bond donors (Lipinski definition) is 1. The number of amides is 1. The number of nitrogens with zero attached hydrogens (tertiary/aromatic N) is 2. The zero-order valence-corrected chi connectivity index (χ0v) is 19.5. The van der Waals surface area contributed by atoms with Crippen LogP contribution in [0.5, 0.6) is 0 Å². The Bertz CT molecular complexity index is 1340. The van der Waals surface area contributed by atoms with Crippen LogP contribution in [0.25, 0.3) is 20.7 Å². The van der Waals surface area contributed by atoms with E-state index in [2.05, 4.69) is 10.3 Å². The molecule has 0 saturated heterocycles. The van der Waals surface area contributed by atoms with E-state index in [-0.39, 0.29) is 17.2 Å². The third-order valence-electron chi connectivity index (χ3n) is 4.78. The second kappa shape index (κ2) is 8.78. The average molecular weight is 470 g/mol. The van der Waals surface area contributed by atoms with Gasteiger partial charge in [-0.2, -0.15) is 0 Å². The summed E-state index contributed by atoms with van der Waals surface area (Å²) in [5.74, 6) is -0.386. The van der Waals surface area contributed by atoms with Crippen molar-refractivity contribution >= 4 is 62.0 Å². The summed E-state index contributed by atoms with van der Waals surface area (Å²) in [7, 11) is 1.67. The number of para-hydroxylation sites is 1. The van der Waals surface area contributed by atoms with Crippen LogP contribution in [-0.4, -0.2) is 26.5 Å². The molecule has 31 heavy (non-hydrogen) atoms. The van der Waals surface area contributed by atoms with E-state index < -0.39 is 5.25 Å². The molecule has 0 spiro atoms. The summed E-state index contributed by atoms with van der Waals surface area (Å²) in [6, 6.07) is 10.8. The standard InChI is InChI=1S/C22H19N3O3S3/c1-12(26)14-7-4-5-8-16(14)23-19(27)13(2)31-22-24-20-18(21(28)25(22)3)15(11-30-20)17-9-6-10-29-17/h4-11,13H,1-3H3,(H,23,27). The van der Waals surface area contributed by atoms with Gasteiger partial charge in [-0.15, -0.1) is 22.7 Å². The molecule has 0 radical (unpaired) electrons. The van der Waals surface area contributed by atoms with Gasteiger partial charge in [-0.25, -0.2) is 4.98 Å². The molecule has 4 aromatic rings. The van der Waals surface area contributed by atoms with E-state index in [1.54, 1.807) is 49.6 Å². The van der Waals surface area contributed by atoms with Gasteiger partial charge < -0.3 is 5.32 Å². The van der Waals surface area contributed by atoms with E-state index in [9.17, 15) is 14.4 Å². The number of anilines is 1. The van der Waals surface area contributed by atoms with Crippen molar-refractivity contribution in [1.29, 1.82) is 0 Å². The largest absolute Gasteiger partial charge is 0.324 e. The van der Waals surface area contributed by atoms with Crippen molar-refractivity contribution in [3.8, 4) is 10.4 Å². The molecule has 4 rings (SSSR count). The molecule has 0 saturated carbocycles. The predicted octanol–water partition coefficient (Wildman–Crippen LogP) is 5.05. The van der Waals surface area contributed by atoms with Crippen molar-refractivity contribution in [2.45, 2.75) is 24.3 Å². The van der Waals surface area contributed by atoms with Crippen molar-refractivity contribution in [3.05, 3.63) is 63.1 Å². The lowest BCUT2D eigenvalue weighted by Gasteiger charge is -2.15. The molecule has 0 aliphatic carbocycles. The van der Waals surface area contributed by atoms with Gasteiger partial charge in [0.1, 0.15) is 4.83 Å². The van der Waals surface area contributed by atoms with Gasteiger partial charge in [-0.3, -0.25) is 19.0 Å². The van der Waals surface area contributed by atoms with Gasteiger partial charge in [0.2, 0.25) is 5.91 Å². The van der Waals surface area contributed by atoms with Crippen LogP contribution >= 0.6 is 34.4 Å². The summed E-state index contributed by atoms with van der Waals surface area (Å²) >= 11 is 4.22. The maximum Gasteiger partial charge on any atom is 0.263 e. The maximum atomic E-state index is 13.1. The smallest absolute Gasteiger partial charge is 0.263 e. The Kier molecular flexibility index (Phi) is 6.08. The Hall–Kier alpha value is -2.75. The minimum atomic E-state index is -0.521. The highest BCUT2D eigenvalue weighted by molar-refractivity contribution is 8.00. The summed E-state index contributed by atoms with van der Waals surface area (Å²) in [5.41, 5.74) is 1.70. The second-order valence-corrected chi connectivity index (χ2v) is 10.0. The van der Waals surface area contributed by atoms with E-state index in [4.69, 9.17) is 0 Å². The number of nitrogens with one attached hydrogen (secondary N) is 1. The van der Waals surface area contributed by atoms with Crippen LogP contribution in [-0.2, 0) is 11.8 Å². The summed E-state index contributed by atoms with van der Waals surface area (Å²) in [6.45, 7) is 3.21. The lowest BCUT2D eigenvalue weighted by atomic mass is 10.1. The monoisotopic (exact) mass is 469 g/mol. The minimum absolute atomic E-state index is 0.120. The van der Waals surface area contributed by atoms with E-state index in [1.807, 2.05) is 22.9 Å². The number of ketones is 1. The third kappa shape index (κ3) is 4.21. The average Bonchev–Trinajstić information content (AvgIpc) is 3.41. The topological polar surface area (TPSA) is 81.1 Å². The molecular formula is C22H19N3O3S3. The first-order valence-corrected chi connectivity index (χ1v) is 12.1. The van der Waals surface area contributed by atoms with E-state index >= 15 is 0 Å². The summed E-state index contributed by atoms with van der Waals surface area (Å²) < 4.78 is 1.49. The van der Waals surface area contributed by atoms with Crippen molar-refractivity contribution in [3.63, 3.8) is 0 Å². The Morgan fingerprint density at radius 1 is 1.16 bits per heavy atom. The Labute approximate surface area is 191 Å². The van der Waals surface area contributed by atoms with E-state index in [0.717, 1.165) is 10.4 Å². The molecule has 6 nitrogen and oxygen atoms in total. The number of fused-ring (bicyclic) bond motifs is 1. The summed E-state index contributed by atoms with van der Waals surface area (Å²) in [4.78, 5) is 44.0.